The molecule has 0 fully saturated rings. The Morgan fingerprint density at radius 2 is 2.04 bits per heavy atom. The van der Waals surface area contributed by atoms with Gasteiger partial charge in [-0.2, -0.15) is 0 Å². The van der Waals surface area contributed by atoms with E-state index in [0.29, 0.717) is 17.2 Å². The fourth-order valence-electron chi connectivity index (χ4n) is 2.10. The summed E-state index contributed by atoms with van der Waals surface area (Å²) in [6, 6.07) is 8.44. The normalized spacial score (nSPS) is 13.0. The maximum Gasteiger partial charge on any atom is 0.313 e. The molecule has 0 saturated heterocycles. The molecule has 1 unspecified atom stereocenters. The summed E-state index contributed by atoms with van der Waals surface area (Å²) in [7, 11) is 1.47. The largest absolute Gasteiger partial charge is 0.495 e. The predicted octanol–water partition coefficient (Wildman–Crippen LogP) is 1.56. The summed E-state index contributed by atoms with van der Waals surface area (Å²) in [6.07, 6.45) is 1.42. The van der Waals surface area contributed by atoms with Crippen LogP contribution >= 0.6 is 0 Å². The molecule has 2 rings (SSSR count). The number of carbonyl (C=O) groups excluding carboxylic acids is 2. The summed E-state index contributed by atoms with van der Waals surface area (Å²) in [5, 5.41) is 15.1. The molecule has 2 aromatic rings. The molecule has 7 nitrogen and oxygen atoms in total. The van der Waals surface area contributed by atoms with E-state index < -0.39 is 17.4 Å². The third-order valence-electron chi connectivity index (χ3n) is 3.45. The third-order valence-corrected chi connectivity index (χ3v) is 3.45. The van der Waals surface area contributed by atoms with Crippen LogP contribution in [0.5, 0.6) is 5.75 Å². The van der Waals surface area contributed by atoms with E-state index in [1.54, 1.807) is 24.3 Å². The molecule has 0 aliphatic heterocycles. The van der Waals surface area contributed by atoms with Crippen molar-refractivity contribution in [2.24, 2.45) is 0 Å². The highest BCUT2D eigenvalue weighted by Gasteiger charge is 2.28. The Bertz CT molecular complexity index is 723. The summed E-state index contributed by atoms with van der Waals surface area (Å²) in [5.74, 6) is -0.979. The molecule has 0 spiro atoms. The first-order valence-corrected chi connectivity index (χ1v) is 7.33. The van der Waals surface area contributed by atoms with Gasteiger partial charge in [-0.15, -0.1) is 0 Å². The average molecular weight is 332 g/mol. The van der Waals surface area contributed by atoms with Crippen LogP contribution in [0.2, 0.25) is 0 Å². The van der Waals surface area contributed by atoms with E-state index in [0.717, 1.165) is 5.56 Å². The highest BCUT2D eigenvalue weighted by atomic mass is 16.5. The summed E-state index contributed by atoms with van der Waals surface area (Å²) in [4.78, 5) is 24.0. The molecule has 1 atom stereocenters. The van der Waals surface area contributed by atoms with Gasteiger partial charge in [0.25, 0.3) is 0 Å². The number of nitrogens with one attached hydrogen (secondary N) is 2. The molecule has 24 heavy (non-hydrogen) atoms. The second kappa shape index (κ2) is 7.18. The molecule has 3 N–H and O–H groups in total. The lowest BCUT2D eigenvalue weighted by Crippen LogP contribution is -2.43. The number of anilines is 1. The van der Waals surface area contributed by atoms with Gasteiger partial charge in [0, 0.05) is 0 Å². The molecule has 0 bridgehead atoms. The molecule has 0 aliphatic carbocycles. The van der Waals surface area contributed by atoms with E-state index in [-0.39, 0.29) is 6.54 Å². The Hall–Kier alpha value is -2.80. The monoisotopic (exact) mass is 332 g/mol. The minimum Gasteiger partial charge on any atom is -0.495 e. The number of ether oxygens (including phenoxy) is 1. The molecule has 0 radical (unpaired) electrons. The lowest BCUT2D eigenvalue weighted by Gasteiger charge is -2.21. The zero-order chi connectivity index (χ0) is 17.7. The van der Waals surface area contributed by atoms with Crippen molar-refractivity contribution in [1.82, 2.24) is 5.32 Å². The highest BCUT2D eigenvalue weighted by molar-refractivity contribution is 6.39. The van der Waals surface area contributed by atoms with E-state index in [2.05, 4.69) is 10.6 Å². The van der Waals surface area contributed by atoms with Gasteiger partial charge >= 0.3 is 11.8 Å². The Kier molecular flexibility index (Phi) is 5.25. The Morgan fingerprint density at radius 3 is 2.67 bits per heavy atom. The minimum atomic E-state index is -1.42. The molecule has 0 aliphatic rings. The Balaban J connectivity index is 1.98. The molecule has 1 aromatic carbocycles. The van der Waals surface area contributed by atoms with E-state index in [9.17, 15) is 14.7 Å². The number of hydrogen-bond donors (Lipinski definition) is 3. The van der Waals surface area contributed by atoms with E-state index in [1.807, 2.05) is 13.0 Å². The predicted molar refractivity (Wildman–Crippen MR) is 87.6 cm³/mol. The second-order valence-electron chi connectivity index (χ2n) is 5.59. The summed E-state index contributed by atoms with van der Waals surface area (Å²) >= 11 is 0. The maximum atomic E-state index is 12.0. The standard InChI is InChI=1S/C17H20N2O5/c1-11-6-7-13(23-3)12(9-11)19-16(21)15(20)18-10-17(2,22)14-5-4-8-24-14/h4-9,22H,10H2,1-3H3,(H,18,20)(H,19,21). The second-order valence-corrected chi connectivity index (χ2v) is 5.59. The molecule has 128 valence electrons. The van der Waals surface area contributed by atoms with Crippen molar-refractivity contribution in [3.8, 4) is 5.75 Å². The van der Waals surface area contributed by atoms with Crippen LogP contribution in [0.1, 0.15) is 18.2 Å². The number of aliphatic hydroxyl groups is 1. The van der Waals surface area contributed by atoms with Crippen molar-refractivity contribution >= 4 is 17.5 Å². The number of methoxy groups -OCH3 is 1. The van der Waals surface area contributed by atoms with E-state index in [4.69, 9.17) is 9.15 Å². The van der Waals surface area contributed by atoms with Crippen LogP contribution < -0.4 is 15.4 Å². The molecule has 1 aromatic heterocycles. The van der Waals surface area contributed by atoms with Gasteiger partial charge < -0.3 is 24.9 Å². The van der Waals surface area contributed by atoms with Crippen molar-refractivity contribution < 1.29 is 23.8 Å². The quantitative estimate of drug-likeness (QED) is 0.721. The number of rotatable bonds is 5. The Labute approximate surface area is 139 Å². The van der Waals surface area contributed by atoms with Crippen LogP contribution in [0.4, 0.5) is 5.69 Å². The third kappa shape index (κ3) is 4.14. The number of carbonyl (C=O) groups is 2. The van der Waals surface area contributed by atoms with Crippen molar-refractivity contribution in [2.45, 2.75) is 19.4 Å². The Morgan fingerprint density at radius 1 is 1.29 bits per heavy atom. The van der Waals surface area contributed by atoms with Crippen LogP contribution in [0, 0.1) is 6.92 Å². The number of aryl methyl sites for hydroxylation is 1. The lowest BCUT2D eigenvalue weighted by molar-refractivity contribution is -0.136. The molecule has 0 saturated carbocycles. The number of benzene rings is 1. The van der Waals surface area contributed by atoms with Crippen molar-refractivity contribution in [2.75, 3.05) is 19.0 Å². The van der Waals surface area contributed by atoms with Crippen LogP contribution in [0.3, 0.4) is 0 Å². The highest BCUT2D eigenvalue weighted by Crippen LogP contribution is 2.25. The fraction of sp³-hybridized carbons (Fsp3) is 0.294. The van der Waals surface area contributed by atoms with Gasteiger partial charge in [0.15, 0.2) is 0 Å². The van der Waals surface area contributed by atoms with Gasteiger partial charge in [0.05, 0.1) is 25.6 Å². The van der Waals surface area contributed by atoms with E-state index >= 15 is 0 Å². The number of furan rings is 1. The minimum absolute atomic E-state index is 0.169. The lowest BCUT2D eigenvalue weighted by atomic mass is 10.0. The first kappa shape index (κ1) is 17.6. The first-order chi connectivity index (χ1) is 11.3. The van der Waals surface area contributed by atoms with Crippen LogP contribution in [-0.2, 0) is 15.2 Å². The summed E-state index contributed by atoms with van der Waals surface area (Å²) in [5.41, 5.74) is -0.108. The smallest absolute Gasteiger partial charge is 0.313 e. The first-order valence-electron chi connectivity index (χ1n) is 7.33. The molecule has 2 amide bonds. The molecule has 7 heteroatoms. The molecular weight excluding hydrogens is 312 g/mol. The zero-order valence-electron chi connectivity index (χ0n) is 13.8. The van der Waals surface area contributed by atoms with Gasteiger partial charge in [0.2, 0.25) is 0 Å². The van der Waals surface area contributed by atoms with Gasteiger partial charge in [-0.05, 0) is 43.7 Å². The van der Waals surface area contributed by atoms with Gasteiger partial charge in [0.1, 0.15) is 17.1 Å². The average Bonchev–Trinajstić information content (AvgIpc) is 3.08. The maximum absolute atomic E-state index is 12.0. The van der Waals surface area contributed by atoms with E-state index in [1.165, 1.54) is 20.3 Å². The van der Waals surface area contributed by atoms with Crippen molar-refractivity contribution in [3.63, 3.8) is 0 Å². The number of amides is 2. The van der Waals surface area contributed by atoms with Crippen LogP contribution in [0.15, 0.2) is 41.0 Å². The van der Waals surface area contributed by atoms with Gasteiger partial charge in [-0.1, -0.05) is 6.07 Å². The van der Waals surface area contributed by atoms with Crippen LogP contribution in [-0.4, -0.2) is 30.6 Å². The van der Waals surface area contributed by atoms with Gasteiger partial charge in [-0.25, -0.2) is 0 Å². The van der Waals surface area contributed by atoms with Crippen LogP contribution in [0.25, 0.3) is 0 Å². The van der Waals surface area contributed by atoms with Crippen molar-refractivity contribution in [1.29, 1.82) is 0 Å². The summed E-state index contributed by atoms with van der Waals surface area (Å²) in [6.45, 7) is 3.17. The molecular formula is C17H20N2O5. The summed E-state index contributed by atoms with van der Waals surface area (Å²) < 4.78 is 10.3. The fourth-order valence-corrected chi connectivity index (χ4v) is 2.10. The van der Waals surface area contributed by atoms with Gasteiger partial charge in [-0.3, -0.25) is 9.59 Å². The topological polar surface area (TPSA) is 101 Å². The zero-order valence-corrected chi connectivity index (χ0v) is 13.8. The molecule has 1 heterocycles. The van der Waals surface area contributed by atoms with Crippen molar-refractivity contribution in [3.05, 3.63) is 47.9 Å². The SMILES string of the molecule is COc1ccc(C)cc1NC(=O)C(=O)NCC(C)(O)c1ccco1. The number of hydrogen-bond acceptors (Lipinski definition) is 5.